The first-order chi connectivity index (χ1) is 16.7. The van der Waals surface area contributed by atoms with Crippen LogP contribution < -0.4 is 24.4 Å². The normalized spacial score (nSPS) is 15.6. The molecule has 3 aromatic rings. The van der Waals surface area contributed by atoms with Crippen molar-refractivity contribution in [2.75, 3.05) is 31.2 Å². The standard InChI is InChI=1S/C25H27N5O4/c1-17-14-21(25(31)27-16-18-4-8-26-9-5-18)28-29-24(17)30-10-6-19(7-11-30)34-20-2-3-22-23(15-20)33-13-12-32-22/h2-5,8-9,14-15,19H,6-7,10-13,16H2,1H3,(H,27,31). The van der Waals surface area contributed by atoms with Crippen molar-refractivity contribution in [1.82, 2.24) is 20.5 Å². The van der Waals surface area contributed by atoms with Crippen LogP contribution in [-0.4, -0.2) is 53.5 Å². The monoisotopic (exact) mass is 461 g/mol. The van der Waals surface area contributed by atoms with E-state index in [4.69, 9.17) is 14.2 Å². The molecule has 1 amide bonds. The van der Waals surface area contributed by atoms with Gasteiger partial charge in [0, 0.05) is 50.9 Å². The van der Waals surface area contributed by atoms with Gasteiger partial charge in [-0.15, -0.1) is 10.2 Å². The third-order valence-corrected chi connectivity index (χ3v) is 5.95. The fourth-order valence-electron chi connectivity index (χ4n) is 4.15. The molecule has 0 saturated carbocycles. The highest BCUT2D eigenvalue weighted by Gasteiger charge is 2.24. The van der Waals surface area contributed by atoms with Crippen molar-refractivity contribution in [3.05, 3.63) is 65.6 Å². The number of nitrogens with zero attached hydrogens (tertiary/aromatic N) is 4. The van der Waals surface area contributed by atoms with Gasteiger partial charge >= 0.3 is 0 Å². The fraction of sp³-hybridized carbons (Fsp3) is 0.360. The Balaban J connectivity index is 1.15. The molecule has 2 aliphatic rings. The quantitative estimate of drug-likeness (QED) is 0.598. The Hall–Kier alpha value is -3.88. The maximum atomic E-state index is 12.5. The molecule has 0 spiro atoms. The summed E-state index contributed by atoms with van der Waals surface area (Å²) in [5, 5.41) is 11.4. The number of ether oxygens (including phenoxy) is 3. The Bertz CT molecular complexity index is 1150. The highest BCUT2D eigenvalue weighted by Crippen LogP contribution is 2.34. The second kappa shape index (κ2) is 9.94. The summed E-state index contributed by atoms with van der Waals surface area (Å²) in [5.74, 6) is 2.85. The minimum atomic E-state index is -0.245. The summed E-state index contributed by atoms with van der Waals surface area (Å²) < 4.78 is 17.4. The molecule has 176 valence electrons. The Morgan fingerprint density at radius 2 is 1.82 bits per heavy atom. The number of amides is 1. The number of aromatic nitrogens is 3. The summed E-state index contributed by atoms with van der Waals surface area (Å²) in [6.45, 7) is 5.12. The first-order valence-corrected chi connectivity index (χ1v) is 11.5. The fourth-order valence-corrected chi connectivity index (χ4v) is 4.15. The molecule has 1 fully saturated rings. The Morgan fingerprint density at radius 1 is 1.06 bits per heavy atom. The van der Waals surface area contributed by atoms with E-state index in [1.807, 2.05) is 37.3 Å². The first-order valence-electron chi connectivity index (χ1n) is 11.5. The van der Waals surface area contributed by atoms with Crippen LogP contribution in [0.4, 0.5) is 5.82 Å². The minimum Gasteiger partial charge on any atom is -0.490 e. The van der Waals surface area contributed by atoms with Crippen LogP contribution in [-0.2, 0) is 6.54 Å². The third-order valence-electron chi connectivity index (χ3n) is 5.95. The lowest BCUT2D eigenvalue weighted by molar-refractivity contribution is 0.0944. The van der Waals surface area contributed by atoms with Crippen LogP contribution in [0.3, 0.4) is 0 Å². The van der Waals surface area contributed by atoms with Gasteiger partial charge in [-0.25, -0.2) is 0 Å². The van der Waals surface area contributed by atoms with Crippen LogP contribution >= 0.6 is 0 Å². The maximum Gasteiger partial charge on any atom is 0.272 e. The molecule has 2 aromatic heterocycles. The molecule has 1 aromatic carbocycles. The molecule has 9 nitrogen and oxygen atoms in total. The summed E-state index contributed by atoms with van der Waals surface area (Å²) in [6.07, 6.45) is 5.24. The zero-order valence-electron chi connectivity index (χ0n) is 19.1. The number of pyridine rings is 1. The number of carbonyl (C=O) groups excluding carboxylic acids is 1. The highest BCUT2D eigenvalue weighted by atomic mass is 16.6. The zero-order chi connectivity index (χ0) is 23.3. The van der Waals surface area contributed by atoms with E-state index in [2.05, 4.69) is 25.4 Å². The number of benzene rings is 1. The lowest BCUT2D eigenvalue weighted by Gasteiger charge is -2.33. The largest absolute Gasteiger partial charge is 0.490 e. The molecule has 5 rings (SSSR count). The molecule has 0 radical (unpaired) electrons. The van der Waals surface area contributed by atoms with Crippen molar-refractivity contribution in [3.8, 4) is 17.2 Å². The zero-order valence-corrected chi connectivity index (χ0v) is 19.1. The molecule has 0 bridgehead atoms. The molecule has 9 heteroatoms. The summed E-state index contributed by atoms with van der Waals surface area (Å²) in [4.78, 5) is 18.7. The molecular weight excluding hydrogens is 434 g/mol. The number of aryl methyl sites for hydroxylation is 1. The van der Waals surface area contributed by atoms with Crippen molar-refractivity contribution in [2.45, 2.75) is 32.4 Å². The minimum absolute atomic E-state index is 0.116. The van der Waals surface area contributed by atoms with Gasteiger partial charge in [-0.05, 0) is 48.4 Å². The summed E-state index contributed by atoms with van der Waals surface area (Å²) >= 11 is 0. The average molecular weight is 462 g/mol. The van der Waals surface area contributed by atoms with Crippen molar-refractivity contribution < 1.29 is 19.0 Å². The Morgan fingerprint density at radius 3 is 2.59 bits per heavy atom. The van der Waals surface area contributed by atoms with E-state index < -0.39 is 0 Å². The summed E-state index contributed by atoms with van der Waals surface area (Å²) in [5.41, 5.74) is 2.22. The number of anilines is 1. The molecule has 2 aliphatic heterocycles. The topological polar surface area (TPSA) is 98.7 Å². The van der Waals surface area contributed by atoms with Crippen LogP contribution in [0, 0.1) is 6.92 Å². The van der Waals surface area contributed by atoms with Crippen molar-refractivity contribution in [3.63, 3.8) is 0 Å². The number of hydrogen-bond acceptors (Lipinski definition) is 8. The number of fused-ring (bicyclic) bond motifs is 1. The van der Waals surface area contributed by atoms with Crippen LogP contribution in [0.5, 0.6) is 17.2 Å². The van der Waals surface area contributed by atoms with Gasteiger partial charge < -0.3 is 24.4 Å². The Labute approximate surface area is 198 Å². The summed E-state index contributed by atoms with van der Waals surface area (Å²) in [6, 6.07) is 11.2. The second-order valence-electron chi connectivity index (χ2n) is 8.38. The van der Waals surface area contributed by atoms with E-state index >= 15 is 0 Å². The molecule has 0 aliphatic carbocycles. The molecular formula is C25H27N5O4. The van der Waals surface area contributed by atoms with E-state index in [0.717, 1.165) is 60.1 Å². The molecule has 34 heavy (non-hydrogen) atoms. The van der Waals surface area contributed by atoms with E-state index in [0.29, 0.717) is 25.5 Å². The highest BCUT2D eigenvalue weighted by molar-refractivity contribution is 5.92. The van der Waals surface area contributed by atoms with E-state index in [-0.39, 0.29) is 12.0 Å². The smallest absolute Gasteiger partial charge is 0.272 e. The van der Waals surface area contributed by atoms with Crippen LogP contribution in [0.25, 0.3) is 0 Å². The van der Waals surface area contributed by atoms with E-state index in [1.165, 1.54) is 0 Å². The lowest BCUT2D eigenvalue weighted by atomic mass is 10.1. The number of rotatable bonds is 6. The van der Waals surface area contributed by atoms with Crippen molar-refractivity contribution in [2.24, 2.45) is 0 Å². The predicted octanol–water partition coefficient (Wildman–Crippen LogP) is 2.93. The summed E-state index contributed by atoms with van der Waals surface area (Å²) in [7, 11) is 0. The number of nitrogens with one attached hydrogen (secondary N) is 1. The van der Waals surface area contributed by atoms with Gasteiger partial charge in [-0.1, -0.05) is 0 Å². The van der Waals surface area contributed by atoms with E-state index in [1.54, 1.807) is 18.5 Å². The van der Waals surface area contributed by atoms with Crippen LogP contribution in [0.2, 0.25) is 0 Å². The number of carbonyl (C=O) groups is 1. The lowest BCUT2D eigenvalue weighted by Crippen LogP contribution is -2.39. The molecule has 1 saturated heterocycles. The van der Waals surface area contributed by atoms with Gasteiger partial charge in [-0.2, -0.15) is 0 Å². The van der Waals surface area contributed by atoms with Crippen LogP contribution in [0.1, 0.15) is 34.5 Å². The predicted molar refractivity (Wildman–Crippen MR) is 125 cm³/mol. The number of hydrogen-bond donors (Lipinski definition) is 1. The second-order valence-corrected chi connectivity index (χ2v) is 8.38. The van der Waals surface area contributed by atoms with Gasteiger partial charge in [0.25, 0.3) is 5.91 Å². The van der Waals surface area contributed by atoms with Gasteiger partial charge in [0.1, 0.15) is 25.1 Å². The average Bonchev–Trinajstić information content (AvgIpc) is 2.88. The third kappa shape index (κ3) is 5.03. The van der Waals surface area contributed by atoms with Gasteiger partial charge in [-0.3, -0.25) is 9.78 Å². The van der Waals surface area contributed by atoms with Gasteiger partial charge in [0.15, 0.2) is 23.0 Å². The van der Waals surface area contributed by atoms with Gasteiger partial charge in [0.05, 0.1) is 0 Å². The van der Waals surface area contributed by atoms with Crippen molar-refractivity contribution >= 4 is 11.7 Å². The SMILES string of the molecule is Cc1cc(C(=O)NCc2ccncc2)nnc1N1CCC(Oc2ccc3c(c2)OCCO3)CC1. The molecule has 4 heterocycles. The van der Waals surface area contributed by atoms with E-state index in [9.17, 15) is 4.79 Å². The molecule has 0 atom stereocenters. The van der Waals surface area contributed by atoms with Crippen LogP contribution in [0.15, 0.2) is 48.8 Å². The first kappa shape index (κ1) is 21.9. The number of piperidine rings is 1. The molecule has 1 N–H and O–H groups in total. The Kier molecular flexibility index (Phi) is 6.42. The molecule has 0 unspecified atom stereocenters. The van der Waals surface area contributed by atoms with Gasteiger partial charge in [0.2, 0.25) is 0 Å². The maximum absolute atomic E-state index is 12.5. The van der Waals surface area contributed by atoms with Crippen molar-refractivity contribution in [1.29, 1.82) is 0 Å².